The van der Waals surface area contributed by atoms with E-state index in [0.29, 0.717) is 36.4 Å². The number of pyridine rings is 2. The highest BCUT2D eigenvalue weighted by molar-refractivity contribution is 5.53. The van der Waals surface area contributed by atoms with Crippen molar-refractivity contribution in [3.63, 3.8) is 0 Å². The number of hydrogen-bond acceptors (Lipinski definition) is 6. The van der Waals surface area contributed by atoms with Gasteiger partial charge in [0, 0.05) is 18.8 Å². The first kappa shape index (κ1) is 13.9. The number of hydrogen-bond donors (Lipinski definition) is 2. The first-order chi connectivity index (χ1) is 9.72. The molecule has 3 N–H and O–H groups in total. The van der Waals surface area contributed by atoms with E-state index in [4.69, 9.17) is 15.2 Å². The zero-order valence-corrected chi connectivity index (χ0v) is 11.6. The van der Waals surface area contributed by atoms with Crippen LogP contribution in [-0.2, 0) is 6.54 Å². The van der Waals surface area contributed by atoms with Crippen molar-refractivity contribution in [1.29, 1.82) is 0 Å². The van der Waals surface area contributed by atoms with Crippen LogP contribution in [0, 0.1) is 0 Å². The van der Waals surface area contributed by atoms with Gasteiger partial charge in [0.1, 0.15) is 5.82 Å². The van der Waals surface area contributed by atoms with Gasteiger partial charge in [-0.2, -0.15) is 4.98 Å². The van der Waals surface area contributed by atoms with E-state index in [1.807, 2.05) is 25.1 Å². The number of anilines is 2. The van der Waals surface area contributed by atoms with E-state index in [2.05, 4.69) is 15.3 Å². The van der Waals surface area contributed by atoms with Gasteiger partial charge in [-0.1, -0.05) is 0 Å². The minimum Gasteiger partial charge on any atom is -0.481 e. The minimum absolute atomic E-state index is 0.449. The number of methoxy groups -OCH3 is 1. The van der Waals surface area contributed by atoms with Crippen molar-refractivity contribution in [2.75, 3.05) is 24.8 Å². The average Bonchev–Trinajstić information content (AvgIpc) is 2.48. The lowest BCUT2D eigenvalue weighted by Crippen LogP contribution is -2.05. The summed E-state index contributed by atoms with van der Waals surface area (Å²) in [5.41, 5.74) is 7.36. The molecule has 0 atom stereocenters. The highest BCUT2D eigenvalue weighted by Crippen LogP contribution is 2.21. The summed E-state index contributed by atoms with van der Waals surface area (Å²) >= 11 is 0. The Labute approximate surface area is 118 Å². The molecule has 2 aromatic heterocycles. The van der Waals surface area contributed by atoms with Gasteiger partial charge in [-0.25, -0.2) is 4.98 Å². The third kappa shape index (κ3) is 3.50. The topological polar surface area (TPSA) is 82.3 Å². The lowest BCUT2D eigenvalue weighted by Gasteiger charge is -2.10. The van der Waals surface area contributed by atoms with E-state index < -0.39 is 0 Å². The molecule has 2 rings (SSSR count). The predicted molar refractivity (Wildman–Crippen MR) is 77.9 cm³/mol. The first-order valence-corrected chi connectivity index (χ1v) is 6.35. The van der Waals surface area contributed by atoms with E-state index in [1.165, 1.54) is 0 Å². The van der Waals surface area contributed by atoms with Crippen molar-refractivity contribution in [2.24, 2.45) is 0 Å². The highest BCUT2D eigenvalue weighted by Gasteiger charge is 2.04. The maximum Gasteiger partial charge on any atom is 0.239 e. The van der Waals surface area contributed by atoms with Crippen LogP contribution < -0.4 is 20.5 Å². The average molecular weight is 274 g/mol. The summed E-state index contributed by atoms with van der Waals surface area (Å²) in [5, 5.41) is 3.21. The molecular formula is C14H18N4O2. The van der Waals surface area contributed by atoms with Crippen LogP contribution in [0.4, 0.5) is 11.5 Å². The van der Waals surface area contributed by atoms with Crippen LogP contribution in [0.3, 0.4) is 0 Å². The summed E-state index contributed by atoms with van der Waals surface area (Å²) in [6.07, 6.45) is 1.71. The van der Waals surface area contributed by atoms with Crippen LogP contribution in [0.1, 0.15) is 12.5 Å². The van der Waals surface area contributed by atoms with Crippen LogP contribution >= 0.6 is 0 Å². The van der Waals surface area contributed by atoms with Crippen molar-refractivity contribution >= 4 is 11.5 Å². The summed E-state index contributed by atoms with van der Waals surface area (Å²) in [6.45, 7) is 3.04. The van der Waals surface area contributed by atoms with Gasteiger partial charge in [0.05, 0.1) is 19.4 Å². The molecule has 6 heteroatoms. The maximum absolute atomic E-state index is 5.78. The van der Waals surface area contributed by atoms with Crippen LogP contribution in [0.25, 0.3) is 0 Å². The number of nitrogen functional groups attached to an aromatic ring is 1. The molecule has 0 aromatic carbocycles. The molecule has 0 fully saturated rings. The van der Waals surface area contributed by atoms with Crippen LogP contribution in [0.15, 0.2) is 30.5 Å². The van der Waals surface area contributed by atoms with Gasteiger partial charge in [0.25, 0.3) is 0 Å². The number of nitrogens with zero attached hydrogens (tertiary/aromatic N) is 2. The largest absolute Gasteiger partial charge is 0.481 e. The SMILES string of the molecule is CCOc1nc(NCc2ccnc(OC)c2)ccc1N. The van der Waals surface area contributed by atoms with Gasteiger partial charge in [-0.05, 0) is 30.7 Å². The van der Waals surface area contributed by atoms with Gasteiger partial charge in [0.2, 0.25) is 11.8 Å². The van der Waals surface area contributed by atoms with Crippen molar-refractivity contribution in [2.45, 2.75) is 13.5 Å². The van der Waals surface area contributed by atoms with Crippen molar-refractivity contribution in [3.8, 4) is 11.8 Å². The van der Waals surface area contributed by atoms with Crippen LogP contribution in [0.2, 0.25) is 0 Å². The molecule has 0 aliphatic carbocycles. The standard InChI is InChI=1S/C14H18N4O2/c1-3-20-14-11(15)4-5-12(18-14)17-9-10-6-7-16-13(8-10)19-2/h4-8H,3,9,15H2,1-2H3,(H,17,18). The molecule has 0 saturated heterocycles. The van der Waals surface area contributed by atoms with E-state index in [-0.39, 0.29) is 0 Å². The number of nitrogens with two attached hydrogens (primary N) is 1. The maximum atomic E-state index is 5.78. The Morgan fingerprint density at radius 1 is 1.30 bits per heavy atom. The van der Waals surface area contributed by atoms with Crippen molar-refractivity contribution < 1.29 is 9.47 Å². The van der Waals surface area contributed by atoms with Gasteiger partial charge >= 0.3 is 0 Å². The van der Waals surface area contributed by atoms with Crippen LogP contribution in [-0.4, -0.2) is 23.7 Å². The summed E-state index contributed by atoms with van der Waals surface area (Å²) in [5.74, 6) is 1.74. The minimum atomic E-state index is 0.449. The number of ether oxygens (including phenoxy) is 2. The molecule has 0 radical (unpaired) electrons. The molecular weight excluding hydrogens is 256 g/mol. The van der Waals surface area contributed by atoms with E-state index in [0.717, 1.165) is 5.56 Å². The molecule has 2 heterocycles. The Morgan fingerprint density at radius 2 is 2.15 bits per heavy atom. The molecule has 106 valence electrons. The Balaban J connectivity index is 2.04. The fourth-order valence-electron chi connectivity index (χ4n) is 1.67. The quantitative estimate of drug-likeness (QED) is 0.839. The molecule has 2 aromatic rings. The third-order valence-electron chi connectivity index (χ3n) is 2.65. The molecule has 0 unspecified atom stereocenters. The van der Waals surface area contributed by atoms with Crippen molar-refractivity contribution in [3.05, 3.63) is 36.0 Å². The molecule has 0 amide bonds. The number of nitrogens with one attached hydrogen (secondary N) is 1. The molecule has 20 heavy (non-hydrogen) atoms. The predicted octanol–water partition coefficient (Wildman–Crippen LogP) is 2.08. The highest BCUT2D eigenvalue weighted by atomic mass is 16.5. The van der Waals surface area contributed by atoms with E-state index in [9.17, 15) is 0 Å². The zero-order valence-electron chi connectivity index (χ0n) is 11.6. The lowest BCUT2D eigenvalue weighted by atomic mass is 10.2. The molecule has 0 bridgehead atoms. The van der Waals surface area contributed by atoms with Gasteiger partial charge in [-0.3, -0.25) is 0 Å². The van der Waals surface area contributed by atoms with E-state index in [1.54, 1.807) is 19.4 Å². The number of aromatic nitrogens is 2. The van der Waals surface area contributed by atoms with Gasteiger partial charge in [-0.15, -0.1) is 0 Å². The zero-order chi connectivity index (χ0) is 14.4. The summed E-state index contributed by atoms with van der Waals surface area (Å²) in [4.78, 5) is 8.38. The second kappa shape index (κ2) is 6.60. The second-order valence-electron chi connectivity index (χ2n) is 4.08. The van der Waals surface area contributed by atoms with E-state index >= 15 is 0 Å². The summed E-state index contributed by atoms with van der Waals surface area (Å²) in [6, 6.07) is 7.37. The molecule has 0 aliphatic rings. The Kier molecular flexibility index (Phi) is 4.60. The fraction of sp³-hybridized carbons (Fsp3) is 0.286. The van der Waals surface area contributed by atoms with Gasteiger partial charge < -0.3 is 20.5 Å². The van der Waals surface area contributed by atoms with Gasteiger partial charge in [0.15, 0.2) is 0 Å². The lowest BCUT2D eigenvalue weighted by molar-refractivity contribution is 0.329. The molecule has 0 saturated carbocycles. The molecule has 0 aliphatic heterocycles. The Bertz CT molecular complexity index is 575. The molecule has 6 nitrogen and oxygen atoms in total. The summed E-state index contributed by atoms with van der Waals surface area (Å²) < 4.78 is 10.4. The normalized spacial score (nSPS) is 10.1. The molecule has 0 spiro atoms. The number of rotatable bonds is 6. The first-order valence-electron chi connectivity index (χ1n) is 6.35. The third-order valence-corrected chi connectivity index (χ3v) is 2.65. The smallest absolute Gasteiger partial charge is 0.239 e. The van der Waals surface area contributed by atoms with Crippen LogP contribution in [0.5, 0.6) is 11.8 Å². The fourth-order valence-corrected chi connectivity index (χ4v) is 1.67. The Hall–Kier alpha value is -2.50. The Morgan fingerprint density at radius 3 is 2.90 bits per heavy atom. The monoisotopic (exact) mass is 274 g/mol. The second-order valence-corrected chi connectivity index (χ2v) is 4.08. The van der Waals surface area contributed by atoms with Crippen molar-refractivity contribution in [1.82, 2.24) is 9.97 Å². The summed E-state index contributed by atoms with van der Waals surface area (Å²) in [7, 11) is 1.59.